The molecule has 6 rings (SSSR count). The summed E-state index contributed by atoms with van der Waals surface area (Å²) in [6.07, 6.45) is 7.06. The lowest BCUT2D eigenvalue weighted by Crippen LogP contribution is -2.73. The lowest BCUT2D eigenvalue weighted by Gasteiger charge is -2.68. The third kappa shape index (κ3) is 3.03. The molecule has 4 aliphatic rings. The van der Waals surface area contributed by atoms with Crippen molar-refractivity contribution in [2.45, 2.75) is 101 Å². The van der Waals surface area contributed by atoms with Crippen LogP contribution in [-0.4, -0.2) is 39.1 Å². The molecular formula is C34H45NO3. The van der Waals surface area contributed by atoms with Gasteiger partial charge in [-0.05, 0) is 67.7 Å². The van der Waals surface area contributed by atoms with Crippen molar-refractivity contribution in [1.82, 2.24) is 4.98 Å². The maximum Gasteiger partial charge on any atom is 0.105 e. The van der Waals surface area contributed by atoms with Crippen molar-refractivity contribution < 1.29 is 14.9 Å². The SMILES string of the molecule is C=C[C@H]1C2C(CC[C@@]3(C)[C@@]2(O)CCC2Cc4c([nH]c5cc(C(C)(C)C=C)ccc45)[C@@]23C)O[C@H](C(=C)C)[C@@H]1O. The van der Waals surface area contributed by atoms with Crippen molar-refractivity contribution in [1.29, 1.82) is 0 Å². The summed E-state index contributed by atoms with van der Waals surface area (Å²) in [5, 5.41) is 25.6. The molecule has 1 aromatic carbocycles. The van der Waals surface area contributed by atoms with E-state index in [0.717, 1.165) is 37.7 Å². The van der Waals surface area contributed by atoms with Crippen molar-refractivity contribution in [3.8, 4) is 0 Å². The number of H-pyrrole nitrogens is 1. The number of fused-ring (bicyclic) bond motifs is 9. The summed E-state index contributed by atoms with van der Waals surface area (Å²) in [5.41, 5.74) is 4.32. The molecule has 204 valence electrons. The van der Waals surface area contributed by atoms with Gasteiger partial charge in [0.15, 0.2) is 0 Å². The van der Waals surface area contributed by atoms with Crippen LogP contribution in [0.25, 0.3) is 10.9 Å². The van der Waals surface area contributed by atoms with Crippen LogP contribution in [0.4, 0.5) is 0 Å². The van der Waals surface area contributed by atoms with Gasteiger partial charge in [-0.1, -0.05) is 58.6 Å². The monoisotopic (exact) mass is 515 g/mol. The molecule has 3 unspecified atom stereocenters. The van der Waals surface area contributed by atoms with E-state index >= 15 is 0 Å². The van der Waals surface area contributed by atoms with Crippen LogP contribution < -0.4 is 0 Å². The summed E-state index contributed by atoms with van der Waals surface area (Å²) in [6.45, 7) is 23.3. The van der Waals surface area contributed by atoms with Crippen molar-refractivity contribution >= 4 is 10.9 Å². The summed E-state index contributed by atoms with van der Waals surface area (Å²) >= 11 is 0. The molecule has 0 amide bonds. The van der Waals surface area contributed by atoms with Crippen LogP contribution in [0, 0.1) is 23.2 Å². The number of nitrogens with one attached hydrogen (secondary N) is 1. The van der Waals surface area contributed by atoms with E-state index in [1.807, 2.05) is 19.1 Å². The van der Waals surface area contributed by atoms with E-state index in [9.17, 15) is 10.2 Å². The Kier molecular flexibility index (Phi) is 5.63. The van der Waals surface area contributed by atoms with Crippen molar-refractivity contribution in [2.24, 2.45) is 23.2 Å². The van der Waals surface area contributed by atoms with Crippen molar-refractivity contribution in [3.63, 3.8) is 0 Å². The van der Waals surface area contributed by atoms with E-state index in [2.05, 4.69) is 70.6 Å². The fourth-order valence-electron chi connectivity index (χ4n) is 9.35. The summed E-state index contributed by atoms with van der Waals surface area (Å²) in [5.74, 6) is 0.0297. The fraction of sp³-hybridized carbons (Fsp3) is 0.588. The zero-order chi connectivity index (χ0) is 27.4. The molecule has 0 bridgehead atoms. The molecule has 2 saturated carbocycles. The van der Waals surface area contributed by atoms with Crippen LogP contribution in [0.3, 0.4) is 0 Å². The lowest BCUT2D eigenvalue weighted by molar-refractivity contribution is -0.287. The molecule has 1 saturated heterocycles. The lowest BCUT2D eigenvalue weighted by atomic mass is 9.40. The van der Waals surface area contributed by atoms with Crippen LogP contribution in [0.1, 0.15) is 77.1 Å². The van der Waals surface area contributed by atoms with E-state index < -0.39 is 17.8 Å². The van der Waals surface area contributed by atoms with Gasteiger partial charge in [-0.15, -0.1) is 13.2 Å². The third-order valence-electron chi connectivity index (χ3n) is 12.0. The van der Waals surface area contributed by atoms with E-state index in [4.69, 9.17) is 4.74 Å². The standard InChI is InChI=1S/C34H45NO3/c1-9-22-27-26(38-29(19(3)4)28(22)36)14-15-32(7)33(8)21(13-16-34(27,32)37)17-24-23-12-11-20(31(5,6)10-2)18-25(23)35-30(24)33/h9-12,18,21-22,26-29,35-37H,1-3,13-17H2,4-8H3/t21?,22-,26?,27?,28+,29+,32+,33+,34+/m0/s1. The minimum absolute atomic E-state index is 0.102. The zero-order valence-electron chi connectivity index (χ0n) is 23.8. The molecule has 4 nitrogen and oxygen atoms in total. The first kappa shape index (κ1) is 26.1. The second kappa shape index (κ2) is 8.19. The molecule has 0 spiro atoms. The molecule has 1 aliphatic heterocycles. The van der Waals surface area contributed by atoms with Gasteiger partial charge in [-0.25, -0.2) is 0 Å². The van der Waals surface area contributed by atoms with E-state index in [-0.39, 0.29) is 34.2 Å². The first-order chi connectivity index (χ1) is 17.8. The van der Waals surface area contributed by atoms with Crippen LogP contribution in [-0.2, 0) is 22.0 Å². The zero-order valence-corrected chi connectivity index (χ0v) is 23.8. The third-order valence-corrected chi connectivity index (χ3v) is 12.0. The highest BCUT2D eigenvalue weighted by atomic mass is 16.5. The number of hydrogen-bond donors (Lipinski definition) is 3. The predicted octanol–water partition coefficient (Wildman–Crippen LogP) is 6.51. The maximum atomic E-state index is 12.9. The van der Waals surface area contributed by atoms with Gasteiger partial charge in [0.05, 0.1) is 17.8 Å². The number of hydrogen-bond acceptors (Lipinski definition) is 3. The predicted molar refractivity (Wildman–Crippen MR) is 154 cm³/mol. The van der Waals surface area contributed by atoms with Gasteiger partial charge in [0.2, 0.25) is 0 Å². The molecule has 2 heterocycles. The Labute approximate surface area is 227 Å². The number of aromatic amines is 1. The molecule has 38 heavy (non-hydrogen) atoms. The van der Waals surface area contributed by atoms with Crippen LogP contribution >= 0.6 is 0 Å². The number of allylic oxidation sites excluding steroid dienone is 1. The first-order valence-corrected chi connectivity index (χ1v) is 14.5. The second-order valence-corrected chi connectivity index (χ2v) is 13.9. The molecule has 4 heteroatoms. The van der Waals surface area contributed by atoms with Crippen molar-refractivity contribution in [3.05, 3.63) is 72.5 Å². The number of aliphatic hydroxyl groups is 2. The second-order valence-electron chi connectivity index (χ2n) is 13.9. The average molecular weight is 516 g/mol. The molecule has 1 aromatic heterocycles. The largest absolute Gasteiger partial charge is 0.389 e. The van der Waals surface area contributed by atoms with Gasteiger partial charge >= 0.3 is 0 Å². The molecule has 3 N–H and O–H groups in total. The van der Waals surface area contributed by atoms with E-state index in [0.29, 0.717) is 5.92 Å². The number of rotatable bonds is 4. The highest BCUT2D eigenvalue weighted by Crippen LogP contribution is 2.70. The van der Waals surface area contributed by atoms with Crippen LogP contribution in [0.15, 0.2) is 55.7 Å². The Hall–Kier alpha value is -2.14. The fourth-order valence-corrected chi connectivity index (χ4v) is 9.35. The van der Waals surface area contributed by atoms with E-state index in [1.165, 1.54) is 27.7 Å². The van der Waals surface area contributed by atoms with Gasteiger partial charge in [0.1, 0.15) is 6.10 Å². The van der Waals surface area contributed by atoms with Gasteiger partial charge in [0, 0.05) is 44.7 Å². The molecule has 2 aromatic rings. The first-order valence-electron chi connectivity index (χ1n) is 14.5. The Morgan fingerprint density at radius 1 is 1.18 bits per heavy atom. The maximum absolute atomic E-state index is 12.9. The minimum Gasteiger partial charge on any atom is -0.389 e. The Morgan fingerprint density at radius 2 is 1.92 bits per heavy atom. The molecule has 0 radical (unpaired) electrons. The Bertz CT molecular complexity index is 1340. The summed E-state index contributed by atoms with van der Waals surface area (Å²) in [4.78, 5) is 3.90. The number of aliphatic hydroxyl groups excluding tert-OH is 1. The number of benzene rings is 1. The van der Waals surface area contributed by atoms with Gasteiger partial charge in [0.25, 0.3) is 0 Å². The molecule has 3 aliphatic carbocycles. The molecular weight excluding hydrogens is 470 g/mol. The Morgan fingerprint density at radius 3 is 2.58 bits per heavy atom. The smallest absolute Gasteiger partial charge is 0.105 e. The van der Waals surface area contributed by atoms with Gasteiger partial charge < -0.3 is 19.9 Å². The van der Waals surface area contributed by atoms with Crippen LogP contribution in [0.2, 0.25) is 0 Å². The van der Waals surface area contributed by atoms with E-state index in [1.54, 1.807) is 0 Å². The van der Waals surface area contributed by atoms with Gasteiger partial charge in [-0.2, -0.15) is 0 Å². The normalized spacial score (nSPS) is 42.1. The highest BCUT2D eigenvalue weighted by molar-refractivity contribution is 5.87. The quantitative estimate of drug-likeness (QED) is 0.407. The van der Waals surface area contributed by atoms with Crippen molar-refractivity contribution in [2.75, 3.05) is 0 Å². The minimum atomic E-state index is -0.976. The van der Waals surface area contributed by atoms with Crippen LogP contribution in [0.5, 0.6) is 0 Å². The summed E-state index contributed by atoms with van der Waals surface area (Å²) < 4.78 is 6.50. The molecule has 3 fully saturated rings. The Balaban J connectivity index is 1.47. The topological polar surface area (TPSA) is 65.5 Å². The number of aromatic nitrogens is 1. The molecule has 9 atom stereocenters. The summed E-state index contributed by atoms with van der Waals surface area (Å²) in [7, 11) is 0. The van der Waals surface area contributed by atoms with Gasteiger partial charge in [-0.3, -0.25) is 0 Å². The highest BCUT2D eigenvalue weighted by Gasteiger charge is 2.72. The summed E-state index contributed by atoms with van der Waals surface area (Å²) in [6, 6.07) is 6.83. The average Bonchev–Trinajstić information content (AvgIpc) is 3.39. The number of ether oxygens (including phenoxy) is 1.